The molecule has 2 fully saturated rings. The van der Waals surface area contributed by atoms with Gasteiger partial charge in [0, 0.05) is 44.2 Å². The topological polar surface area (TPSA) is 44.8 Å². The van der Waals surface area contributed by atoms with Crippen LogP contribution in [0.1, 0.15) is 24.8 Å². The molecule has 5 nitrogen and oxygen atoms in total. The second kappa shape index (κ2) is 9.75. The average Bonchev–Trinajstić information content (AvgIpc) is 3.20. The zero-order valence-electron chi connectivity index (χ0n) is 17.8. The third-order valence-corrected chi connectivity index (χ3v) is 6.33. The van der Waals surface area contributed by atoms with Crippen molar-refractivity contribution in [1.29, 1.82) is 0 Å². The summed E-state index contributed by atoms with van der Waals surface area (Å²) in [4.78, 5) is 17.0. The third kappa shape index (κ3) is 5.22. The van der Waals surface area contributed by atoms with E-state index in [-0.39, 0.29) is 24.1 Å². The highest BCUT2D eigenvalue weighted by Crippen LogP contribution is 2.29. The van der Waals surface area contributed by atoms with Crippen molar-refractivity contribution in [3.05, 3.63) is 65.7 Å². The van der Waals surface area contributed by atoms with Crippen LogP contribution in [0.2, 0.25) is 0 Å². The number of likely N-dealkylation sites (N-methyl/N-ethyl adjacent to an activating group) is 1. The van der Waals surface area contributed by atoms with E-state index in [0.717, 1.165) is 37.7 Å². The first-order valence-electron chi connectivity index (χ1n) is 10.9. The van der Waals surface area contributed by atoms with Crippen molar-refractivity contribution < 1.29 is 18.3 Å². The summed E-state index contributed by atoms with van der Waals surface area (Å²) in [6.45, 7) is 2.80. The predicted octanol–water partition coefficient (Wildman–Crippen LogP) is 3.20. The summed E-state index contributed by atoms with van der Waals surface area (Å²) >= 11 is 0. The minimum atomic E-state index is -0.554. The normalized spacial score (nSPS) is 23.1. The number of rotatable bonds is 6. The van der Waals surface area contributed by atoms with Crippen LogP contribution in [-0.2, 0) is 11.3 Å². The minimum absolute atomic E-state index is 0.0231. The van der Waals surface area contributed by atoms with Crippen molar-refractivity contribution in [3.63, 3.8) is 0 Å². The van der Waals surface area contributed by atoms with Gasteiger partial charge in [0.05, 0.1) is 6.04 Å². The van der Waals surface area contributed by atoms with Crippen molar-refractivity contribution in [2.45, 2.75) is 44.0 Å². The van der Waals surface area contributed by atoms with Crippen LogP contribution in [0.25, 0.3) is 0 Å². The lowest BCUT2D eigenvalue weighted by Crippen LogP contribution is -2.50. The molecule has 0 bridgehead atoms. The summed E-state index contributed by atoms with van der Waals surface area (Å²) in [5.41, 5.74) is 0.514. The van der Waals surface area contributed by atoms with Gasteiger partial charge >= 0.3 is 0 Å². The van der Waals surface area contributed by atoms with Gasteiger partial charge in [-0.25, -0.2) is 8.78 Å². The lowest BCUT2D eigenvalue weighted by Gasteiger charge is -2.38. The lowest BCUT2D eigenvalue weighted by atomic mass is 10.0. The molecular formula is C24H29F2N3O2. The van der Waals surface area contributed by atoms with Gasteiger partial charge in [-0.2, -0.15) is 0 Å². The fourth-order valence-electron chi connectivity index (χ4n) is 4.73. The standard InChI is InChI=1S/C24H29F2N3O2/c1-27-24(30)23-14-21(31-20-5-3-2-4-6-20)16-29(23)19-9-11-28(12-10-19)15-17-7-8-18(25)13-22(17)26/h2-8,13,19,21,23H,9-12,14-16H2,1H3,(H,27,30)/t21-,23-/m0/s1. The Hall–Kier alpha value is -2.51. The van der Waals surface area contributed by atoms with E-state index in [1.807, 2.05) is 30.3 Å². The molecule has 7 heteroatoms. The van der Waals surface area contributed by atoms with Crippen LogP contribution in [0.15, 0.2) is 48.5 Å². The molecule has 0 unspecified atom stereocenters. The monoisotopic (exact) mass is 429 g/mol. The highest BCUT2D eigenvalue weighted by molar-refractivity contribution is 5.81. The molecule has 2 atom stereocenters. The first-order valence-corrected chi connectivity index (χ1v) is 10.9. The van der Waals surface area contributed by atoms with Gasteiger partial charge in [0.2, 0.25) is 5.91 Å². The Morgan fingerprint density at radius 2 is 1.87 bits per heavy atom. The molecule has 0 spiro atoms. The van der Waals surface area contributed by atoms with E-state index in [2.05, 4.69) is 15.1 Å². The summed E-state index contributed by atoms with van der Waals surface area (Å²) in [6.07, 6.45) is 2.43. The zero-order chi connectivity index (χ0) is 21.8. The van der Waals surface area contributed by atoms with Gasteiger partial charge in [-0.1, -0.05) is 24.3 Å². The van der Waals surface area contributed by atoms with Crippen LogP contribution in [-0.4, -0.2) is 60.6 Å². The van der Waals surface area contributed by atoms with E-state index >= 15 is 0 Å². The van der Waals surface area contributed by atoms with Crippen molar-refractivity contribution in [2.24, 2.45) is 0 Å². The van der Waals surface area contributed by atoms with Gasteiger partial charge in [-0.05, 0) is 44.1 Å². The number of benzene rings is 2. The molecule has 2 aliphatic heterocycles. The Bertz CT molecular complexity index is 888. The second-order valence-electron chi connectivity index (χ2n) is 8.36. The number of hydrogen-bond donors (Lipinski definition) is 1. The number of likely N-dealkylation sites (tertiary alicyclic amines) is 2. The number of halogens is 2. The SMILES string of the molecule is CNC(=O)[C@@H]1C[C@H](Oc2ccccc2)CN1C1CCN(Cc2ccc(F)cc2F)CC1. The first kappa shape index (κ1) is 21.7. The van der Waals surface area contributed by atoms with Gasteiger partial charge < -0.3 is 10.1 Å². The van der Waals surface area contributed by atoms with E-state index in [4.69, 9.17) is 4.74 Å². The zero-order valence-corrected chi connectivity index (χ0v) is 17.8. The Kier molecular flexibility index (Phi) is 6.83. The molecule has 0 aromatic heterocycles. The Morgan fingerprint density at radius 3 is 2.55 bits per heavy atom. The van der Waals surface area contributed by atoms with Gasteiger partial charge in [0.25, 0.3) is 0 Å². The molecule has 2 saturated heterocycles. The number of piperidine rings is 1. The summed E-state index contributed by atoms with van der Waals surface area (Å²) in [6, 6.07) is 13.5. The van der Waals surface area contributed by atoms with Gasteiger partial charge in [-0.3, -0.25) is 14.6 Å². The number of nitrogens with one attached hydrogen (secondary N) is 1. The summed E-state index contributed by atoms with van der Waals surface area (Å²) < 4.78 is 33.3. The molecule has 2 aliphatic rings. The van der Waals surface area contributed by atoms with E-state index in [1.54, 1.807) is 7.05 Å². The number of carbonyl (C=O) groups is 1. The van der Waals surface area contributed by atoms with Gasteiger partial charge in [0.15, 0.2) is 0 Å². The van der Waals surface area contributed by atoms with Crippen molar-refractivity contribution >= 4 is 5.91 Å². The predicted molar refractivity (Wildman–Crippen MR) is 115 cm³/mol. The molecule has 0 saturated carbocycles. The molecule has 1 amide bonds. The number of nitrogens with zero attached hydrogens (tertiary/aromatic N) is 2. The van der Waals surface area contributed by atoms with Crippen molar-refractivity contribution in [3.8, 4) is 5.75 Å². The molecule has 2 heterocycles. The maximum absolute atomic E-state index is 14.0. The Balaban J connectivity index is 1.36. The van der Waals surface area contributed by atoms with E-state index in [0.29, 0.717) is 25.1 Å². The van der Waals surface area contributed by atoms with Gasteiger partial charge in [-0.15, -0.1) is 0 Å². The fourth-order valence-corrected chi connectivity index (χ4v) is 4.73. The Labute approximate surface area is 182 Å². The molecule has 0 radical (unpaired) electrons. The number of carbonyl (C=O) groups excluding carboxylic acids is 1. The van der Waals surface area contributed by atoms with Crippen LogP contribution in [0, 0.1) is 11.6 Å². The molecule has 2 aromatic carbocycles. The second-order valence-corrected chi connectivity index (χ2v) is 8.36. The molecule has 1 N–H and O–H groups in total. The average molecular weight is 430 g/mol. The smallest absolute Gasteiger partial charge is 0.237 e. The lowest BCUT2D eigenvalue weighted by molar-refractivity contribution is -0.126. The quantitative estimate of drug-likeness (QED) is 0.766. The first-order chi connectivity index (χ1) is 15.0. The number of amides is 1. The molecule has 166 valence electrons. The molecule has 0 aliphatic carbocycles. The molecule has 2 aromatic rings. The largest absolute Gasteiger partial charge is 0.489 e. The molecular weight excluding hydrogens is 400 g/mol. The third-order valence-electron chi connectivity index (χ3n) is 6.33. The summed E-state index contributed by atoms with van der Waals surface area (Å²) in [7, 11) is 1.67. The number of para-hydroxylation sites is 1. The fraction of sp³-hybridized carbons (Fsp3) is 0.458. The van der Waals surface area contributed by atoms with Crippen LogP contribution in [0.5, 0.6) is 5.75 Å². The van der Waals surface area contributed by atoms with Crippen LogP contribution >= 0.6 is 0 Å². The van der Waals surface area contributed by atoms with Crippen molar-refractivity contribution in [2.75, 3.05) is 26.7 Å². The summed E-state index contributed by atoms with van der Waals surface area (Å²) in [5, 5.41) is 2.79. The van der Waals surface area contributed by atoms with Crippen LogP contribution < -0.4 is 10.1 Å². The summed E-state index contributed by atoms with van der Waals surface area (Å²) in [5.74, 6) is -0.208. The van der Waals surface area contributed by atoms with E-state index < -0.39 is 11.6 Å². The van der Waals surface area contributed by atoms with Crippen LogP contribution in [0.3, 0.4) is 0 Å². The number of ether oxygens (including phenoxy) is 1. The highest BCUT2D eigenvalue weighted by atomic mass is 19.1. The molecule has 4 rings (SSSR count). The maximum Gasteiger partial charge on any atom is 0.237 e. The van der Waals surface area contributed by atoms with Crippen molar-refractivity contribution in [1.82, 2.24) is 15.1 Å². The Morgan fingerprint density at radius 1 is 1.13 bits per heavy atom. The van der Waals surface area contributed by atoms with E-state index in [1.165, 1.54) is 12.1 Å². The maximum atomic E-state index is 14.0. The number of hydrogen-bond acceptors (Lipinski definition) is 4. The van der Waals surface area contributed by atoms with Crippen LogP contribution in [0.4, 0.5) is 8.78 Å². The van der Waals surface area contributed by atoms with Gasteiger partial charge in [0.1, 0.15) is 23.5 Å². The highest BCUT2D eigenvalue weighted by Gasteiger charge is 2.41. The van der Waals surface area contributed by atoms with E-state index in [9.17, 15) is 13.6 Å². The minimum Gasteiger partial charge on any atom is -0.489 e. The molecule has 31 heavy (non-hydrogen) atoms.